The number of nitrogens with zero attached hydrogens (tertiary/aromatic N) is 2. The number of rotatable bonds is 1. The Bertz CT molecular complexity index is 318. The van der Waals surface area contributed by atoms with E-state index in [1.54, 1.807) is 0 Å². The molecule has 0 radical (unpaired) electrons. The predicted octanol–water partition coefficient (Wildman–Crippen LogP) is 3.18. The summed E-state index contributed by atoms with van der Waals surface area (Å²) >= 11 is 0. The van der Waals surface area contributed by atoms with E-state index in [-0.39, 0.29) is 0 Å². The van der Waals surface area contributed by atoms with Gasteiger partial charge in [-0.25, -0.2) is 0 Å². The molecule has 1 aliphatic rings. The molecule has 0 aliphatic carbocycles. The van der Waals surface area contributed by atoms with Crippen LogP contribution in [-0.2, 0) is 13.1 Å². The molecule has 0 bridgehead atoms. The summed E-state index contributed by atoms with van der Waals surface area (Å²) in [6, 6.07) is 2.30. The van der Waals surface area contributed by atoms with Crippen LogP contribution >= 0.6 is 0 Å². The van der Waals surface area contributed by atoms with Crippen molar-refractivity contribution in [2.75, 3.05) is 7.05 Å². The van der Waals surface area contributed by atoms with Crippen molar-refractivity contribution in [1.82, 2.24) is 9.88 Å². The maximum Gasteiger partial charge on any atom is 0.0589 e. The minimum absolute atomic E-state index is 0.587. The highest BCUT2D eigenvalue weighted by Gasteiger charge is 2.17. The Kier molecular flexibility index (Phi) is 4.28. The van der Waals surface area contributed by atoms with Crippen molar-refractivity contribution < 1.29 is 0 Å². The van der Waals surface area contributed by atoms with Gasteiger partial charge in [-0.3, -0.25) is 9.88 Å². The van der Waals surface area contributed by atoms with Gasteiger partial charge in [-0.1, -0.05) is 33.8 Å². The molecular formula is C13H22N2. The highest BCUT2D eigenvalue weighted by molar-refractivity contribution is 5.29. The second-order valence-electron chi connectivity index (χ2n) is 4.20. The highest BCUT2D eigenvalue weighted by atomic mass is 15.1. The SMILES string of the molecule is CC.CC(C)c1cnc2c(c1)CN(C)C2. The average molecular weight is 206 g/mol. The van der Waals surface area contributed by atoms with E-state index in [0.29, 0.717) is 5.92 Å². The zero-order chi connectivity index (χ0) is 11.4. The van der Waals surface area contributed by atoms with Crippen LogP contribution in [0.15, 0.2) is 12.3 Å². The normalized spacial score (nSPS) is 14.8. The van der Waals surface area contributed by atoms with Crippen molar-refractivity contribution in [3.8, 4) is 0 Å². The van der Waals surface area contributed by atoms with E-state index < -0.39 is 0 Å². The van der Waals surface area contributed by atoms with Crippen molar-refractivity contribution >= 4 is 0 Å². The molecule has 0 amide bonds. The van der Waals surface area contributed by atoms with Gasteiger partial charge >= 0.3 is 0 Å². The molecule has 15 heavy (non-hydrogen) atoms. The van der Waals surface area contributed by atoms with Gasteiger partial charge in [0.2, 0.25) is 0 Å². The third-order valence-electron chi connectivity index (χ3n) is 2.61. The lowest BCUT2D eigenvalue weighted by Crippen LogP contribution is -2.07. The fourth-order valence-corrected chi connectivity index (χ4v) is 1.75. The highest BCUT2D eigenvalue weighted by Crippen LogP contribution is 2.23. The molecular weight excluding hydrogens is 184 g/mol. The van der Waals surface area contributed by atoms with Crippen LogP contribution in [0.4, 0.5) is 0 Å². The molecule has 0 saturated carbocycles. The van der Waals surface area contributed by atoms with E-state index in [4.69, 9.17) is 0 Å². The summed E-state index contributed by atoms with van der Waals surface area (Å²) < 4.78 is 0. The monoisotopic (exact) mass is 206 g/mol. The maximum atomic E-state index is 4.49. The van der Waals surface area contributed by atoms with Gasteiger partial charge in [0.15, 0.2) is 0 Å². The zero-order valence-electron chi connectivity index (χ0n) is 10.5. The molecule has 0 unspecified atom stereocenters. The van der Waals surface area contributed by atoms with Gasteiger partial charge in [0, 0.05) is 19.3 Å². The number of hydrogen-bond donors (Lipinski definition) is 0. The van der Waals surface area contributed by atoms with E-state index in [2.05, 4.69) is 36.8 Å². The van der Waals surface area contributed by atoms with E-state index in [1.165, 1.54) is 16.8 Å². The van der Waals surface area contributed by atoms with Crippen LogP contribution in [0.2, 0.25) is 0 Å². The summed E-state index contributed by atoms with van der Waals surface area (Å²) in [6.07, 6.45) is 2.02. The van der Waals surface area contributed by atoms with Gasteiger partial charge < -0.3 is 0 Å². The minimum Gasteiger partial charge on any atom is -0.296 e. The molecule has 1 aromatic heterocycles. The van der Waals surface area contributed by atoms with E-state index in [0.717, 1.165) is 13.1 Å². The Hall–Kier alpha value is -0.890. The second-order valence-corrected chi connectivity index (χ2v) is 4.20. The van der Waals surface area contributed by atoms with Crippen molar-refractivity contribution in [1.29, 1.82) is 0 Å². The first-order valence-electron chi connectivity index (χ1n) is 5.83. The Morgan fingerprint density at radius 3 is 2.53 bits per heavy atom. The van der Waals surface area contributed by atoms with Crippen LogP contribution in [0.3, 0.4) is 0 Å². The lowest BCUT2D eigenvalue weighted by Gasteiger charge is -2.06. The van der Waals surface area contributed by atoms with E-state index in [9.17, 15) is 0 Å². The lowest BCUT2D eigenvalue weighted by molar-refractivity contribution is 0.351. The van der Waals surface area contributed by atoms with Gasteiger partial charge in [-0.05, 0) is 24.1 Å². The number of hydrogen-bond acceptors (Lipinski definition) is 2. The molecule has 0 saturated heterocycles. The van der Waals surface area contributed by atoms with Gasteiger partial charge in [0.1, 0.15) is 0 Å². The first-order chi connectivity index (χ1) is 7.16. The second kappa shape index (κ2) is 5.26. The van der Waals surface area contributed by atoms with Crippen molar-refractivity contribution in [2.45, 2.75) is 46.7 Å². The Morgan fingerprint density at radius 1 is 1.27 bits per heavy atom. The maximum absolute atomic E-state index is 4.49. The Balaban J connectivity index is 0.000000531. The Labute approximate surface area is 93.3 Å². The van der Waals surface area contributed by atoms with Crippen LogP contribution in [-0.4, -0.2) is 16.9 Å². The van der Waals surface area contributed by atoms with Crippen LogP contribution in [0.5, 0.6) is 0 Å². The molecule has 0 N–H and O–H groups in total. The predicted molar refractivity (Wildman–Crippen MR) is 64.8 cm³/mol. The van der Waals surface area contributed by atoms with Gasteiger partial charge in [0.25, 0.3) is 0 Å². The molecule has 84 valence electrons. The molecule has 2 rings (SSSR count). The van der Waals surface area contributed by atoms with Crippen molar-refractivity contribution in [3.05, 3.63) is 29.1 Å². The summed E-state index contributed by atoms with van der Waals surface area (Å²) in [5.41, 5.74) is 4.02. The third-order valence-corrected chi connectivity index (χ3v) is 2.61. The summed E-state index contributed by atoms with van der Waals surface area (Å²) in [4.78, 5) is 6.78. The molecule has 0 spiro atoms. The smallest absolute Gasteiger partial charge is 0.0589 e. The number of fused-ring (bicyclic) bond motifs is 1. The first-order valence-corrected chi connectivity index (χ1v) is 5.83. The fraction of sp³-hybridized carbons (Fsp3) is 0.615. The summed E-state index contributed by atoms with van der Waals surface area (Å²) in [5.74, 6) is 0.587. The molecule has 0 atom stereocenters. The van der Waals surface area contributed by atoms with Crippen molar-refractivity contribution in [3.63, 3.8) is 0 Å². The fourth-order valence-electron chi connectivity index (χ4n) is 1.75. The first kappa shape index (κ1) is 12.2. The van der Waals surface area contributed by atoms with Crippen LogP contribution in [0, 0.1) is 0 Å². The Morgan fingerprint density at radius 2 is 1.93 bits per heavy atom. The zero-order valence-corrected chi connectivity index (χ0v) is 10.5. The molecule has 0 fully saturated rings. The van der Waals surface area contributed by atoms with Gasteiger partial charge in [-0.15, -0.1) is 0 Å². The number of aromatic nitrogens is 1. The summed E-state index contributed by atoms with van der Waals surface area (Å²) in [6.45, 7) is 10.5. The van der Waals surface area contributed by atoms with Gasteiger partial charge in [-0.2, -0.15) is 0 Å². The van der Waals surface area contributed by atoms with Crippen molar-refractivity contribution in [2.24, 2.45) is 0 Å². The molecule has 2 heterocycles. The lowest BCUT2D eigenvalue weighted by atomic mass is 10.0. The van der Waals surface area contributed by atoms with E-state index >= 15 is 0 Å². The number of pyridine rings is 1. The van der Waals surface area contributed by atoms with Crippen LogP contribution in [0.25, 0.3) is 0 Å². The van der Waals surface area contributed by atoms with E-state index in [1.807, 2.05) is 20.0 Å². The average Bonchev–Trinajstić information content (AvgIpc) is 2.59. The molecule has 0 aromatic carbocycles. The minimum atomic E-state index is 0.587. The van der Waals surface area contributed by atoms with Crippen LogP contribution < -0.4 is 0 Å². The third kappa shape index (κ3) is 2.78. The quantitative estimate of drug-likeness (QED) is 0.701. The summed E-state index contributed by atoms with van der Waals surface area (Å²) in [5, 5.41) is 0. The standard InChI is InChI=1S/C11H16N2.C2H6/c1-8(2)9-4-10-6-13(3)7-11(10)12-5-9;1-2/h4-5,8H,6-7H2,1-3H3;1-2H3. The summed E-state index contributed by atoms with van der Waals surface area (Å²) in [7, 11) is 2.14. The molecule has 2 heteroatoms. The largest absolute Gasteiger partial charge is 0.296 e. The van der Waals surface area contributed by atoms with Crippen LogP contribution in [0.1, 0.15) is 50.4 Å². The molecule has 1 aliphatic heterocycles. The topological polar surface area (TPSA) is 16.1 Å². The molecule has 1 aromatic rings. The van der Waals surface area contributed by atoms with Gasteiger partial charge in [0.05, 0.1) is 5.69 Å². The molecule has 2 nitrogen and oxygen atoms in total.